The van der Waals surface area contributed by atoms with Gasteiger partial charge in [-0.15, -0.1) is 0 Å². The van der Waals surface area contributed by atoms with E-state index in [1.807, 2.05) is 43.3 Å². The van der Waals surface area contributed by atoms with Crippen LogP contribution in [0.4, 0.5) is 0 Å². The highest BCUT2D eigenvalue weighted by atomic mass is 79.9. The SMILES string of the molecule is COc1cc(Br)c(C(O)Cc2ccc(C)cc2)cc1OC. The van der Waals surface area contributed by atoms with Crippen molar-refractivity contribution in [3.05, 3.63) is 57.6 Å². The van der Waals surface area contributed by atoms with Crippen LogP contribution in [0, 0.1) is 6.92 Å². The van der Waals surface area contributed by atoms with Gasteiger partial charge in [-0.05, 0) is 30.2 Å². The van der Waals surface area contributed by atoms with Gasteiger partial charge in [0, 0.05) is 10.9 Å². The highest BCUT2D eigenvalue weighted by Crippen LogP contribution is 2.36. The van der Waals surface area contributed by atoms with Crippen molar-refractivity contribution < 1.29 is 14.6 Å². The molecule has 0 fully saturated rings. The number of rotatable bonds is 5. The Morgan fingerprint density at radius 2 is 1.62 bits per heavy atom. The van der Waals surface area contributed by atoms with Crippen LogP contribution < -0.4 is 9.47 Å². The van der Waals surface area contributed by atoms with E-state index < -0.39 is 6.10 Å². The van der Waals surface area contributed by atoms with Crippen LogP contribution in [0.3, 0.4) is 0 Å². The van der Waals surface area contributed by atoms with E-state index in [4.69, 9.17) is 9.47 Å². The molecule has 2 aromatic carbocycles. The van der Waals surface area contributed by atoms with Crippen LogP contribution in [0.2, 0.25) is 0 Å². The number of halogens is 1. The molecule has 3 nitrogen and oxygen atoms in total. The lowest BCUT2D eigenvalue weighted by Crippen LogP contribution is -2.04. The van der Waals surface area contributed by atoms with Crippen LogP contribution >= 0.6 is 15.9 Å². The first kappa shape index (κ1) is 15.9. The molecule has 1 N–H and O–H groups in total. The molecule has 0 saturated heterocycles. The molecule has 0 radical (unpaired) electrons. The summed E-state index contributed by atoms with van der Waals surface area (Å²) in [5.41, 5.74) is 3.09. The molecule has 0 saturated carbocycles. The highest BCUT2D eigenvalue weighted by Gasteiger charge is 2.16. The summed E-state index contributed by atoms with van der Waals surface area (Å²) in [6, 6.07) is 11.8. The number of benzene rings is 2. The molecule has 0 amide bonds. The average molecular weight is 351 g/mol. The first-order valence-corrected chi connectivity index (χ1v) is 7.49. The Morgan fingerprint density at radius 1 is 1.05 bits per heavy atom. The van der Waals surface area contributed by atoms with E-state index in [-0.39, 0.29) is 0 Å². The summed E-state index contributed by atoms with van der Waals surface area (Å²) in [6.45, 7) is 2.05. The van der Waals surface area contributed by atoms with Gasteiger partial charge in [0.2, 0.25) is 0 Å². The summed E-state index contributed by atoms with van der Waals surface area (Å²) in [5.74, 6) is 1.24. The van der Waals surface area contributed by atoms with Crippen molar-refractivity contribution in [2.75, 3.05) is 14.2 Å². The molecule has 0 aliphatic heterocycles. The van der Waals surface area contributed by atoms with Gasteiger partial charge in [-0.1, -0.05) is 45.8 Å². The zero-order chi connectivity index (χ0) is 15.4. The Morgan fingerprint density at radius 3 is 2.19 bits per heavy atom. The predicted molar refractivity (Wildman–Crippen MR) is 87.1 cm³/mol. The standard InChI is InChI=1S/C17H19BrO3/c1-11-4-6-12(7-5-11)8-15(19)13-9-16(20-2)17(21-3)10-14(13)18/h4-7,9-10,15,19H,8H2,1-3H3. The van der Waals surface area contributed by atoms with Gasteiger partial charge in [0.15, 0.2) is 11.5 Å². The molecule has 0 heterocycles. The lowest BCUT2D eigenvalue weighted by molar-refractivity contribution is 0.177. The van der Waals surface area contributed by atoms with E-state index >= 15 is 0 Å². The molecule has 4 heteroatoms. The molecule has 1 atom stereocenters. The maximum atomic E-state index is 10.5. The van der Waals surface area contributed by atoms with E-state index in [2.05, 4.69) is 15.9 Å². The van der Waals surface area contributed by atoms with Crippen LogP contribution in [0.1, 0.15) is 22.8 Å². The molecule has 2 aromatic rings. The molecular weight excluding hydrogens is 332 g/mol. The van der Waals surface area contributed by atoms with Crippen molar-refractivity contribution in [3.8, 4) is 11.5 Å². The van der Waals surface area contributed by atoms with Crippen molar-refractivity contribution in [1.29, 1.82) is 0 Å². The van der Waals surface area contributed by atoms with Gasteiger partial charge in [-0.2, -0.15) is 0 Å². The topological polar surface area (TPSA) is 38.7 Å². The maximum absolute atomic E-state index is 10.5. The number of hydrogen-bond acceptors (Lipinski definition) is 3. The maximum Gasteiger partial charge on any atom is 0.161 e. The molecule has 21 heavy (non-hydrogen) atoms. The predicted octanol–water partition coefficient (Wildman–Crippen LogP) is 4.05. The Balaban J connectivity index is 2.26. The fraction of sp³-hybridized carbons (Fsp3) is 0.294. The van der Waals surface area contributed by atoms with E-state index in [1.54, 1.807) is 14.2 Å². The highest BCUT2D eigenvalue weighted by molar-refractivity contribution is 9.10. The van der Waals surface area contributed by atoms with Crippen molar-refractivity contribution in [2.45, 2.75) is 19.4 Å². The van der Waals surface area contributed by atoms with Crippen molar-refractivity contribution >= 4 is 15.9 Å². The third-order valence-corrected chi connectivity index (χ3v) is 4.10. The second kappa shape index (κ2) is 6.96. The van der Waals surface area contributed by atoms with Gasteiger partial charge in [0.25, 0.3) is 0 Å². The zero-order valence-electron chi connectivity index (χ0n) is 12.4. The van der Waals surface area contributed by atoms with Crippen LogP contribution in [0.25, 0.3) is 0 Å². The molecule has 0 aromatic heterocycles. The molecule has 112 valence electrons. The Labute approximate surface area is 133 Å². The number of ether oxygens (including phenoxy) is 2. The van der Waals surface area contributed by atoms with Crippen molar-refractivity contribution in [2.24, 2.45) is 0 Å². The van der Waals surface area contributed by atoms with Gasteiger partial charge in [0.05, 0.1) is 20.3 Å². The van der Waals surface area contributed by atoms with E-state index in [0.717, 1.165) is 15.6 Å². The van der Waals surface area contributed by atoms with Crippen LogP contribution in [0.15, 0.2) is 40.9 Å². The number of methoxy groups -OCH3 is 2. The molecule has 0 aliphatic rings. The lowest BCUT2D eigenvalue weighted by Gasteiger charge is -2.16. The minimum absolute atomic E-state index is 0.550. The first-order valence-electron chi connectivity index (χ1n) is 6.70. The molecule has 2 rings (SSSR count). The first-order chi connectivity index (χ1) is 10.0. The Kier molecular flexibility index (Phi) is 5.26. The van der Waals surface area contributed by atoms with Gasteiger partial charge in [-0.25, -0.2) is 0 Å². The van der Waals surface area contributed by atoms with Crippen LogP contribution in [-0.2, 0) is 6.42 Å². The molecular formula is C17H19BrO3. The van der Waals surface area contributed by atoms with Crippen molar-refractivity contribution in [1.82, 2.24) is 0 Å². The Bertz CT molecular complexity index is 608. The minimum atomic E-state index is -0.609. The number of aliphatic hydroxyl groups excluding tert-OH is 1. The Hall–Kier alpha value is -1.52. The minimum Gasteiger partial charge on any atom is -0.493 e. The fourth-order valence-electron chi connectivity index (χ4n) is 2.18. The van der Waals surface area contributed by atoms with Gasteiger partial charge >= 0.3 is 0 Å². The zero-order valence-corrected chi connectivity index (χ0v) is 14.0. The van der Waals surface area contributed by atoms with Crippen LogP contribution in [-0.4, -0.2) is 19.3 Å². The summed E-state index contributed by atoms with van der Waals surface area (Å²) >= 11 is 3.48. The van der Waals surface area contributed by atoms with Crippen LogP contribution in [0.5, 0.6) is 11.5 Å². The van der Waals surface area contributed by atoms with Crippen molar-refractivity contribution in [3.63, 3.8) is 0 Å². The summed E-state index contributed by atoms with van der Waals surface area (Å²) in [7, 11) is 3.18. The fourth-order valence-corrected chi connectivity index (χ4v) is 2.77. The largest absolute Gasteiger partial charge is 0.493 e. The second-order valence-corrected chi connectivity index (χ2v) is 5.79. The second-order valence-electron chi connectivity index (χ2n) is 4.93. The summed E-state index contributed by atoms with van der Waals surface area (Å²) in [5, 5.41) is 10.5. The van der Waals surface area contributed by atoms with E-state index in [1.165, 1.54) is 5.56 Å². The molecule has 0 spiro atoms. The third-order valence-electron chi connectivity index (χ3n) is 3.41. The number of hydrogen-bond donors (Lipinski definition) is 1. The average Bonchev–Trinajstić information content (AvgIpc) is 2.49. The number of aryl methyl sites for hydroxylation is 1. The van der Waals surface area contributed by atoms with E-state index in [0.29, 0.717) is 17.9 Å². The molecule has 0 bridgehead atoms. The van der Waals surface area contributed by atoms with Gasteiger partial charge in [-0.3, -0.25) is 0 Å². The third kappa shape index (κ3) is 3.77. The van der Waals surface area contributed by atoms with E-state index in [9.17, 15) is 5.11 Å². The normalized spacial score (nSPS) is 12.0. The molecule has 1 unspecified atom stereocenters. The monoisotopic (exact) mass is 350 g/mol. The molecule has 0 aliphatic carbocycles. The summed E-state index contributed by atoms with van der Waals surface area (Å²) in [4.78, 5) is 0. The smallest absolute Gasteiger partial charge is 0.161 e. The van der Waals surface area contributed by atoms with Gasteiger partial charge in [0.1, 0.15) is 0 Å². The quantitative estimate of drug-likeness (QED) is 0.883. The number of aliphatic hydroxyl groups is 1. The summed E-state index contributed by atoms with van der Waals surface area (Å²) in [6.07, 6.45) is -0.0594. The summed E-state index contributed by atoms with van der Waals surface area (Å²) < 4.78 is 11.3. The van der Waals surface area contributed by atoms with Gasteiger partial charge < -0.3 is 14.6 Å². The lowest BCUT2D eigenvalue weighted by atomic mass is 10.0.